The fraction of sp³-hybridized carbons (Fsp3) is 0. The van der Waals surface area contributed by atoms with Crippen molar-refractivity contribution in [2.75, 3.05) is 10.9 Å². The van der Waals surface area contributed by atoms with Crippen LogP contribution in [0.3, 0.4) is 0 Å². The van der Waals surface area contributed by atoms with Crippen molar-refractivity contribution in [1.29, 1.82) is 0 Å². The van der Waals surface area contributed by atoms with Crippen molar-refractivity contribution in [1.82, 2.24) is 10.2 Å². The molecular weight excluding hydrogens is 511 g/mol. The summed E-state index contributed by atoms with van der Waals surface area (Å²) in [6.45, 7) is 0. The van der Waals surface area contributed by atoms with Crippen LogP contribution in [0.4, 0.5) is 23.0 Å². The van der Waals surface area contributed by atoms with Crippen molar-refractivity contribution >= 4 is 69.4 Å². The zero-order chi connectivity index (χ0) is 25.8. The van der Waals surface area contributed by atoms with Gasteiger partial charge in [-0.15, -0.1) is 15.3 Å². The Morgan fingerprint density at radius 2 is 1.28 bits per heavy atom. The lowest BCUT2D eigenvalue weighted by Crippen LogP contribution is -2.14. The van der Waals surface area contributed by atoms with Gasteiger partial charge >= 0.3 is 0 Å². The van der Waals surface area contributed by atoms with Crippen molar-refractivity contribution in [3.63, 3.8) is 0 Å². The zero-order valence-electron chi connectivity index (χ0n) is 18.0. The quantitative estimate of drug-likeness (QED) is 0.195. The number of hydrogen-bond acceptors (Lipinski definition) is 10. The molecule has 0 unspecified atom stereocenters. The number of halogens is 2. The van der Waals surface area contributed by atoms with Crippen LogP contribution in [0.5, 0.6) is 0 Å². The summed E-state index contributed by atoms with van der Waals surface area (Å²) in [5, 5.41) is 41.6. The maximum Gasteiger partial charge on any atom is 0.279 e. The number of nitrogen functional groups attached to an aromatic ring is 1. The molecule has 0 saturated heterocycles. The van der Waals surface area contributed by atoms with E-state index >= 15 is 0 Å². The molecule has 180 valence electrons. The van der Waals surface area contributed by atoms with E-state index in [1.54, 1.807) is 24.3 Å². The SMILES string of the molecule is Nc1nnc(N(N=Cc2c(Cl)cccc2[N+](=O)[O-])N=Cc2c(Cl)cccc2[N+](=O)[O-])c2ccccc12. The third kappa shape index (κ3) is 4.89. The second-order valence-electron chi connectivity index (χ2n) is 7.09. The van der Waals surface area contributed by atoms with Crippen LogP contribution in [-0.2, 0) is 0 Å². The molecule has 1 aromatic heterocycles. The van der Waals surface area contributed by atoms with Crippen LogP contribution < -0.4 is 10.9 Å². The second kappa shape index (κ2) is 10.3. The third-order valence-corrected chi connectivity index (χ3v) is 5.59. The first-order valence-electron chi connectivity index (χ1n) is 10.0. The third-order valence-electron chi connectivity index (χ3n) is 4.93. The maximum absolute atomic E-state index is 11.5. The first kappa shape index (κ1) is 24.4. The minimum Gasteiger partial charge on any atom is -0.382 e. The van der Waals surface area contributed by atoms with Crippen LogP contribution >= 0.6 is 23.2 Å². The van der Waals surface area contributed by atoms with E-state index in [-0.39, 0.29) is 44.2 Å². The van der Waals surface area contributed by atoms with E-state index in [2.05, 4.69) is 20.4 Å². The smallest absolute Gasteiger partial charge is 0.279 e. The van der Waals surface area contributed by atoms with E-state index in [0.29, 0.717) is 10.8 Å². The summed E-state index contributed by atoms with van der Waals surface area (Å²) in [4.78, 5) is 21.7. The molecule has 36 heavy (non-hydrogen) atoms. The lowest BCUT2D eigenvalue weighted by Gasteiger charge is -2.14. The topological polar surface area (TPSA) is 166 Å². The van der Waals surface area contributed by atoms with Crippen molar-refractivity contribution < 1.29 is 9.85 Å². The van der Waals surface area contributed by atoms with Gasteiger partial charge in [0, 0.05) is 22.9 Å². The van der Waals surface area contributed by atoms with Crippen LogP contribution in [0.15, 0.2) is 70.9 Å². The van der Waals surface area contributed by atoms with Gasteiger partial charge in [-0.1, -0.05) is 59.6 Å². The highest BCUT2D eigenvalue weighted by atomic mass is 35.5. The largest absolute Gasteiger partial charge is 0.382 e. The molecule has 3 aromatic carbocycles. The summed E-state index contributed by atoms with van der Waals surface area (Å²) in [5.74, 6) is 0.252. The summed E-state index contributed by atoms with van der Waals surface area (Å²) in [6, 6.07) is 15.2. The minimum atomic E-state index is -0.605. The molecule has 14 heteroatoms. The number of nitro benzene ring substituents is 2. The van der Waals surface area contributed by atoms with E-state index in [1.807, 2.05) is 0 Å². The molecule has 0 aliphatic carbocycles. The summed E-state index contributed by atoms with van der Waals surface area (Å²) in [6.07, 6.45) is 2.26. The van der Waals surface area contributed by atoms with Gasteiger partial charge in [-0.2, -0.15) is 10.2 Å². The van der Waals surface area contributed by atoms with E-state index in [0.717, 1.165) is 17.5 Å². The number of nitro groups is 2. The van der Waals surface area contributed by atoms with Crippen LogP contribution in [0.2, 0.25) is 10.0 Å². The fourth-order valence-corrected chi connectivity index (χ4v) is 3.68. The van der Waals surface area contributed by atoms with Crippen molar-refractivity contribution in [3.05, 3.63) is 102 Å². The molecule has 0 saturated carbocycles. The van der Waals surface area contributed by atoms with Crippen molar-refractivity contribution in [2.24, 2.45) is 10.2 Å². The Hall–Kier alpha value is -4.68. The zero-order valence-corrected chi connectivity index (χ0v) is 19.5. The number of fused-ring (bicyclic) bond motifs is 1. The number of benzene rings is 3. The Kier molecular flexibility index (Phi) is 6.99. The molecule has 0 atom stereocenters. The Morgan fingerprint density at radius 3 is 1.78 bits per heavy atom. The first-order valence-corrected chi connectivity index (χ1v) is 10.8. The average molecular weight is 525 g/mol. The van der Waals surface area contributed by atoms with Gasteiger partial charge in [0.25, 0.3) is 11.4 Å². The van der Waals surface area contributed by atoms with E-state index in [9.17, 15) is 20.2 Å². The predicted octanol–water partition coefficient (Wildman–Crippen LogP) is 5.21. The van der Waals surface area contributed by atoms with Crippen molar-refractivity contribution in [3.8, 4) is 0 Å². The number of hydrazone groups is 2. The Morgan fingerprint density at radius 1 is 0.778 bits per heavy atom. The number of hydrogen-bond donors (Lipinski definition) is 1. The Bertz CT molecular complexity index is 1490. The standard InChI is InChI=1S/C22H14Cl2N8O4/c23-17-7-3-9-19(31(33)34)15(17)11-26-30(22-14-6-2-1-5-13(14)21(25)28-29-22)27-12-16-18(24)8-4-10-20(16)32(35)36/h1-12H,(H2,25,28). The van der Waals surface area contributed by atoms with Gasteiger partial charge in [-0.05, 0) is 12.1 Å². The Balaban J connectivity index is 1.89. The molecule has 0 aliphatic heterocycles. The molecule has 0 radical (unpaired) electrons. The normalized spacial score (nSPS) is 11.4. The molecule has 2 N–H and O–H groups in total. The fourth-order valence-electron chi connectivity index (χ4n) is 3.25. The van der Waals surface area contributed by atoms with Gasteiger partial charge in [0.05, 0.1) is 43.4 Å². The molecule has 4 aromatic rings. The molecular formula is C22H14Cl2N8O4. The Labute approximate surface area is 212 Å². The monoisotopic (exact) mass is 524 g/mol. The van der Waals surface area contributed by atoms with Crippen LogP contribution in [0.1, 0.15) is 11.1 Å². The number of aromatic nitrogens is 2. The molecule has 0 spiro atoms. The predicted molar refractivity (Wildman–Crippen MR) is 138 cm³/mol. The highest BCUT2D eigenvalue weighted by molar-refractivity contribution is 6.34. The number of rotatable bonds is 7. The highest BCUT2D eigenvalue weighted by Gasteiger charge is 2.19. The highest BCUT2D eigenvalue weighted by Crippen LogP contribution is 2.30. The van der Waals surface area contributed by atoms with Crippen LogP contribution in [0, 0.1) is 20.2 Å². The lowest BCUT2D eigenvalue weighted by atomic mass is 10.2. The molecule has 0 amide bonds. The van der Waals surface area contributed by atoms with Crippen LogP contribution in [0.25, 0.3) is 10.8 Å². The number of anilines is 2. The molecule has 0 bridgehead atoms. The van der Waals surface area contributed by atoms with Gasteiger partial charge in [0.15, 0.2) is 5.82 Å². The van der Waals surface area contributed by atoms with Crippen LogP contribution in [-0.4, -0.2) is 32.5 Å². The van der Waals surface area contributed by atoms with Gasteiger partial charge in [-0.25, -0.2) is 0 Å². The average Bonchev–Trinajstić information content (AvgIpc) is 2.86. The van der Waals surface area contributed by atoms with Gasteiger partial charge in [0.2, 0.25) is 5.82 Å². The molecule has 12 nitrogen and oxygen atoms in total. The summed E-state index contributed by atoms with van der Waals surface area (Å²) < 4.78 is 0. The van der Waals surface area contributed by atoms with Gasteiger partial charge in [-0.3, -0.25) is 20.2 Å². The van der Waals surface area contributed by atoms with E-state index < -0.39 is 9.85 Å². The van der Waals surface area contributed by atoms with E-state index in [1.165, 1.54) is 36.4 Å². The number of nitrogens with two attached hydrogens (primary N) is 1. The molecule has 0 aliphatic rings. The van der Waals surface area contributed by atoms with E-state index in [4.69, 9.17) is 28.9 Å². The van der Waals surface area contributed by atoms with Gasteiger partial charge < -0.3 is 5.73 Å². The maximum atomic E-state index is 11.5. The summed E-state index contributed by atoms with van der Waals surface area (Å²) >= 11 is 12.4. The number of nitrogens with zero attached hydrogens (tertiary/aromatic N) is 7. The van der Waals surface area contributed by atoms with Gasteiger partial charge in [0.1, 0.15) is 0 Å². The summed E-state index contributed by atoms with van der Waals surface area (Å²) in [5.41, 5.74) is 5.40. The van der Waals surface area contributed by atoms with Crippen molar-refractivity contribution in [2.45, 2.75) is 0 Å². The first-order chi connectivity index (χ1) is 17.3. The molecule has 4 rings (SSSR count). The second-order valence-corrected chi connectivity index (χ2v) is 7.91. The minimum absolute atomic E-state index is 0.0146. The molecule has 0 fully saturated rings. The summed E-state index contributed by atoms with van der Waals surface area (Å²) in [7, 11) is 0. The molecule has 1 heterocycles. The lowest BCUT2D eigenvalue weighted by molar-refractivity contribution is -0.385.